The lowest BCUT2D eigenvalue weighted by atomic mass is 9.99. The lowest BCUT2D eigenvalue weighted by molar-refractivity contribution is 0.175. The van der Waals surface area contributed by atoms with Gasteiger partial charge >= 0.3 is 0 Å². The SMILES string of the molecule is CCN(Cc1ccc(S(C)(=O)=O)c(OC)c1)[C@H](Cc1ccc(C)cc1)C1CC1. The van der Waals surface area contributed by atoms with E-state index >= 15 is 0 Å². The van der Waals surface area contributed by atoms with Crippen LogP contribution in [0.4, 0.5) is 0 Å². The highest BCUT2D eigenvalue weighted by Crippen LogP contribution is 2.38. The Kier molecular flexibility index (Phi) is 6.46. The predicted molar refractivity (Wildman–Crippen MR) is 114 cm³/mol. The van der Waals surface area contributed by atoms with Crippen LogP contribution in [0.25, 0.3) is 0 Å². The van der Waals surface area contributed by atoms with Crippen LogP contribution in [0.1, 0.15) is 36.5 Å². The lowest BCUT2D eigenvalue weighted by Crippen LogP contribution is -2.38. The van der Waals surface area contributed by atoms with Crippen LogP contribution in [0.3, 0.4) is 0 Å². The van der Waals surface area contributed by atoms with Crippen molar-refractivity contribution in [1.29, 1.82) is 0 Å². The average Bonchev–Trinajstić information content (AvgIpc) is 3.50. The Morgan fingerprint density at radius 3 is 2.29 bits per heavy atom. The molecule has 1 aliphatic carbocycles. The largest absolute Gasteiger partial charge is 0.495 e. The smallest absolute Gasteiger partial charge is 0.179 e. The van der Waals surface area contributed by atoms with Crippen molar-refractivity contribution in [1.82, 2.24) is 4.90 Å². The molecule has 28 heavy (non-hydrogen) atoms. The molecule has 0 aliphatic heterocycles. The summed E-state index contributed by atoms with van der Waals surface area (Å²) in [6.45, 7) is 6.08. The summed E-state index contributed by atoms with van der Waals surface area (Å²) < 4.78 is 29.2. The minimum Gasteiger partial charge on any atom is -0.495 e. The third-order valence-electron chi connectivity index (χ3n) is 5.62. The maximum Gasteiger partial charge on any atom is 0.179 e. The zero-order valence-electron chi connectivity index (χ0n) is 17.3. The molecule has 1 saturated carbocycles. The van der Waals surface area contributed by atoms with Crippen LogP contribution in [0, 0.1) is 12.8 Å². The van der Waals surface area contributed by atoms with Gasteiger partial charge in [0.25, 0.3) is 0 Å². The third-order valence-corrected chi connectivity index (χ3v) is 6.76. The molecule has 1 atom stereocenters. The van der Waals surface area contributed by atoms with E-state index in [-0.39, 0.29) is 4.90 Å². The maximum absolute atomic E-state index is 11.9. The van der Waals surface area contributed by atoms with Crippen LogP contribution >= 0.6 is 0 Å². The van der Waals surface area contributed by atoms with E-state index < -0.39 is 9.84 Å². The fourth-order valence-corrected chi connectivity index (χ4v) is 4.68. The second-order valence-electron chi connectivity index (χ2n) is 7.91. The second kappa shape index (κ2) is 8.66. The normalized spacial score (nSPS) is 15.6. The molecule has 152 valence electrons. The van der Waals surface area contributed by atoms with E-state index in [4.69, 9.17) is 4.74 Å². The quantitative estimate of drug-likeness (QED) is 0.630. The number of aryl methyl sites for hydroxylation is 1. The van der Waals surface area contributed by atoms with Gasteiger partial charge in [-0.1, -0.05) is 42.8 Å². The van der Waals surface area contributed by atoms with Crippen molar-refractivity contribution >= 4 is 9.84 Å². The first-order chi connectivity index (χ1) is 13.3. The molecule has 0 spiro atoms. The van der Waals surface area contributed by atoms with Crippen molar-refractivity contribution in [2.24, 2.45) is 5.92 Å². The molecule has 0 amide bonds. The number of methoxy groups -OCH3 is 1. The van der Waals surface area contributed by atoms with E-state index in [1.165, 1.54) is 37.3 Å². The molecule has 4 nitrogen and oxygen atoms in total. The Morgan fingerprint density at radius 2 is 1.75 bits per heavy atom. The highest BCUT2D eigenvalue weighted by molar-refractivity contribution is 7.90. The van der Waals surface area contributed by atoms with Crippen molar-refractivity contribution in [2.75, 3.05) is 19.9 Å². The summed E-state index contributed by atoms with van der Waals surface area (Å²) in [7, 11) is -1.78. The molecule has 0 bridgehead atoms. The van der Waals surface area contributed by atoms with E-state index in [1.54, 1.807) is 6.07 Å². The highest BCUT2D eigenvalue weighted by Gasteiger charge is 2.34. The van der Waals surface area contributed by atoms with Crippen LogP contribution in [-0.4, -0.2) is 39.3 Å². The van der Waals surface area contributed by atoms with E-state index in [0.29, 0.717) is 11.8 Å². The van der Waals surface area contributed by atoms with E-state index in [1.807, 2.05) is 12.1 Å². The van der Waals surface area contributed by atoms with Crippen molar-refractivity contribution < 1.29 is 13.2 Å². The number of hydrogen-bond acceptors (Lipinski definition) is 4. The lowest BCUT2D eigenvalue weighted by Gasteiger charge is -2.31. The number of ether oxygens (including phenoxy) is 1. The van der Waals surface area contributed by atoms with Crippen molar-refractivity contribution in [3.63, 3.8) is 0 Å². The zero-order chi connectivity index (χ0) is 20.3. The molecule has 5 heteroatoms. The van der Waals surface area contributed by atoms with Crippen molar-refractivity contribution in [3.05, 3.63) is 59.2 Å². The fraction of sp³-hybridized carbons (Fsp3) is 0.478. The molecule has 0 heterocycles. The first-order valence-corrected chi connectivity index (χ1v) is 11.9. The Hall–Kier alpha value is -1.85. The van der Waals surface area contributed by atoms with Gasteiger partial charge < -0.3 is 4.74 Å². The molecule has 0 N–H and O–H groups in total. The molecular formula is C23H31NO3S. The van der Waals surface area contributed by atoms with Gasteiger partial charge in [0, 0.05) is 18.8 Å². The third kappa shape index (κ3) is 5.15. The van der Waals surface area contributed by atoms with Gasteiger partial charge in [-0.25, -0.2) is 8.42 Å². The summed E-state index contributed by atoms with van der Waals surface area (Å²) in [6, 6.07) is 14.8. The number of hydrogen-bond donors (Lipinski definition) is 0. The average molecular weight is 402 g/mol. The molecule has 0 saturated heterocycles. The van der Waals surface area contributed by atoms with E-state index in [9.17, 15) is 8.42 Å². The summed E-state index contributed by atoms with van der Waals surface area (Å²) >= 11 is 0. The summed E-state index contributed by atoms with van der Waals surface area (Å²) in [5, 5.41) is 0. The maximum atomic E-state index is 11.9. The minimum absolute atomic E-state index is 0.250. The Labute approximate surface area is 169 Å². The van der Waals surface area contributed by atoms with Crippen molar-refractivity contribution in [3.8, 4) is 5.75 Å². The molecule has 0 unspecified atom stereocenters. The summed E-state index contributed by atoms with van der Waals surface area (Å²) in [6.07, 6.45) is 4.86. The number of likely N-dealkylation sites (N-methyl/N-ethyl adjacent to an activating group) is 1. The summed E-state index contributed by atoms with van der Waals surface area (Å²) in [4.78, 5) is 2.77. The molecule has 1 fully saturated rings. The van der Waals surface area contributed by atoms with Gasteiger partial charge in [-0.05, 0) is 61.9 Å². The first kappa shape index (κ1) is 20.9. The van der Waals surface area contributed by atoms with E-state index in [0.717, 1.165) is 31.0 Å². The molecule has 1 aliphatic rings. The highest BCUT2D eigenvalue weighted by atomic mass is 32.2. The van der Waals surface area contributed by atoms with Crippen LogP contribution in [-0.2, 0) is 22.8 Å². The number of sulfone groups is 1. The molecule has 2 aromatic carbocycles. The zero-order valence-corrected chi connectivity index (χ0v) is 18.1. The number of benzene rings is 2. The molecule has 0 aromatic heterocycles. The summed E-state index contributed by atoms with van der Waals surface area (Å²) in [5.41, 5.74) is 3.75. The van der Waals surface area contributed by atoms with Gasteiger partial charge in [0.2, 0.25) is 0 Å². The molecular weight excluding hydrogens is 370 g/mol. The number of nitrogens with zero attached hydrogens (tertiary/aromatic N) is 1. The predicted octanol–water partition coefficient (Wildman–Crippen LogP) is 4.25. The van der Waals surface area contributed by atoms with Gasteiger partial charge in [0.15, 0.2) is 9.84 Å². The topological polar surface area (TPSA) is 46.6 Å². The first-order valence-electron chi connectivity index (χ1n) is 9.98. The molecule has 3 rings (SSSR count). The number of rotatable bonds is 9. The van der Waals surface area contributed by atoms with Gasteiger partial charge in [0.05, 0.1) is 7.11 Å². The standard InChI is InChI=1S/C23H31NO3S/c1-5-24(16-19-10-13-23(28(4,25)26)22(15-19)27-3)21(20-11-12-20)14-18-8-6-17(2)7-9-18/h6-10,13,15,20-21H,5,11-12,14,16H2,1-4H3/t21-/m1/s1. The Balaban J connectivity index is 1.80. The van der Waals surface area contributed by atoms with Gasteiger partial charge in [-0.15, -0.1) is 0 Å². The van der Waals surface area contributed by atoms with E-state index in [2.05, 4.69) is 43.0 Å². The van der Waals surface area contributed by atoms with Crippen LogP contribution in [0.15, 0.2) is 47.4 Å². The van der Waals surface area contributed by atoms with Crippen LogP contribution in [0.2, 0.25) is 0 Å². The molecule has 0 radical (unpaired) electrons. The van der Waals surface area contributed by atoms with Crippen molar-refractivity contribution in [2.45, 2.75) is 50.6 Å². The van der Waals surface area contributed by atoms with Crippen LogP contribution in [0.5, 0.6) is 5.75 Å². The fourth-order valence-electron chi connectivity index (χ4n) is 3.86. The Bertz CT molecular complexity index is 902. The van der Waals surface area contributed by atoms with Gasteiger partial charge in [0.1, 0.15) is 10.6 Å². The minimum atomic E-state index is -3.30. The second-order valence-corrected chi connectivity index (χ2v) is 9.90. The molecule has 2 aromatic rings. The van der Waals surface area contributed by atoms with Gasteiger partial charge in [-0.2, -0.15) is 0 Å². The van der Waals surface area contributed by atoms with Gasteiger partial charge in [-0.3, -0.25) is 4.90 Å². The summed E-state index contributed by atoms with van der Waals surface area (Å²) in [5.74, 6) is 1.18. The Morgan fingerprint density at radius 1 is 1.11 bits per heavy atom. The van der Waals surface area contributed by atoms with Crippen LogP contribution < -0.4 is 4.74 Å². The monoisotopic (exact) mass is 401 g/mol.